The van der Waals surface area contributed by atoms with E-state index in [9.17, 15) is 9.59 Å². The Labute approximate surface area is 188 Å². The van der Waals surface area contributed by atoms with E-state index in [0.717, 1.165) is 16.7 Å². The van der Waals surface area contributed by atoms with E-state index >= 15 is 0 Å². The summed E-state index contributed by atoms with van der Waals surface area (Å²) in [6.07, 6.45) is 0. The third kappa shape index (κ3) is 4.82. The van der Waals surface area contributed by atoms with E-state index in [-0.39, 0.29) is 11.8 Å². The van der Waals surface area contributed by atoms with Crippen LogP contribution in [0.4, 0.5) is 5.69 Å². The number of benzene rings is 2. The van der Waals surface area contributed by atoms with Gasteiger partial charge < -0.3 is 14.4 Å². The Hall–Kier alpha value is -2.67. The van der Waals surface area contributed by atoms with Crippen LogP contribution in [0.15, 0.2) is 48.2 Å². The van der Waals surface area contributed by atoms with Crippen LogP contribution in [0.25, 0.3) is 5.57 Å². The molecule has 1 heterocycles. The lowest BCUT2D eigenvalue weighted by molar-refractivity contribution is -0.120. The van der Waals surface area contributed by atoms with Crippen LogP contribution in [0.5, 0.6) is 0 Å². The molecule has 7 heteroatoms. The van der Waals surface area contributed by atoms with Crippen LogP contribution in [0.3, 0.4) is 0 Å². The molecule has 0 radical (unpaired) electrons. The minimum atomic E-state index is -0.366. The first kappa shape index (κ1) is 23.0. The molecule has 0 N–H and O–H groups in total. The average molecular weight is 443 g/mol. The standard InChI is InChI=1S/C24H27ClN2O4/c1-16-5-10-20(17(2)15-16)21-22(26(11-13-30-3)12-14-31-4)24(29)27(23(21)28)19-8-6-18(25)7-9-19/h5-10,15H,11-14H2,1-4H3. The Balaban J connectivity index is 2.16. The lowest BCUT2D eigenvalue weighted by Gasteiger charge is -2.26. The first-order chi connectivity index (χ1) is 14.9. The SMILES string of the molecule is COCCN(CCOC)C1=C(c2ccc(C)cc2C)C(=O)N(c2ccc(Cl)cc2)C1=O. The minimum absolute atomic E-state index is 0.353. The van der Waals surface area contributed by atoms with Gasteiger partial charge in [0.25, 0.3) is 11.8 Å². The van der Waals surface area contributed by atoms with E-state index in [1.807, 2.05) is 36.9 Å². The Morgan fingerprint density at radius 2 is 1.52 bits per heavy atom. The van der Waals surface area contributed by atoms with E-state index in [1.165, 1.54) is 4.90 Å². The molecule has 0 atom stereocenters. The maximum absolute atomic E-state index is 13.6. The van der Waals surface area contributed by atoms with Gasteiger partial charge in [0, 0.05) is 32.3 Å². The van der Waals surface area contributed by atoms with Crippen molar-refractivity contribution in [2.24, 2.45) is 0 Å². The topological polar surface area (TPSA) is 59.1 Å². The van der Waals surface area contributed by atoms with Gasteiger partial charge in [-0.05, 0) is 49.2 Å². The summed E-state index contributed by atoms with van der Waals surface area (Å²) in [4.78, 5) is 30.3. The summed E-state index contributed by atoms with van der Waals surface area (Å²) in [6.45, 7) is 5.68. The third-order valence-electron chi connectivity index (χ3n) is 5.24. The fourth-order valence-corrected chi connectivity index (χ4v) is 3.84. The molecule has 2 aromatic rings. The molecule has 0 bridgehead atoms. The summed E-state index contributed by atoms with van der Waals surface area (Å²) in [5.41, 5.74) is 4.01. The number of aryl methyl sites for hydroxylation is 2. The van der Waals surface area contributed by atoms with Crippen LogP contribution in [0.2, 0.25) is 5.02 Å². The normalized spacial score (nSPS) is 14.0. The first-order valence-electron chi connectivity index (χ1n) is 10.1. The highest BCUT2D eigenvalue weighted by molar-refractivity contribution is 6.45. The Morgan fingerprint density at radius 1 is 0.903 bits per heavy atom. The summed E-state index contributed by atoms with van der Waals surface area (Å²) in [5, 5.41) is 0.535. The third-order valence-corrected chi connectivity index (χ3v) is 5.49. The van der Waals surface area contributed by atoms with E-state index in [4.69, 9.17) is 21.1 Å². The van der Waals surface area contributed by atoms with Crippen LogP contribution in [-0.4, -0.2) is 57.2 Å². The molecule has 164 valence electrons. The predicted molar refractivity (Wildman–Crippen MR) is 122 cm³/mol. The van der Waals surface area contributed by atoms with Gasteiger partial charge in [0.2, 0.25) is 0 Å². The largest absolute Gasteiger partial charge is 0.383 e. The molecule has 0 aliphatic carbocycles. The molecular weight excluding hydrogens is 416 g/mol. The molecule has 0 saturated carbocycles. The van der Waals surface area contributed by atoms with E-state index in [0.29, 0.717) is 48.3 Å². The van der Waals surface area contributed by atoms with Gasteiger partial charge in [-0.3, -0.25) is 9.59 Å². The van der Waals surface area contributed by atoms with Gasteiger partial charge in [-0.1, -0.05) is 35.4 Å². The summed E-state index contributed by atoms with van der Waals surface area (Å²) >= 11 is 6.01. The maximum Gasteiger partial charge on any atom is 0.282 e. The molecule has 1 aliphatic heterocycles. The number of anilines is 1. The maximum atomic E-state index is 13.6. The second-order valence-electron chi connectivity index (χ2n) is 7.44. The van der Waals surface area contributed by atoms with Crippen molar-refractivity contribution < 1.29 is 19.1 Å². The molecule has 2 amide bonds. The smallest absolute Gasteiger partial charge is 0.282 e. The molecule has 0 saturated heterocycles. The van der Waals surface area contributed by atoms with Crippen molar-refractivity contribution in [2.75, 3.05) is 45.4 Å². The van der Waals surface area contributed by atoms with Crippen LogP contribution in [0, 0.1) is 13.8 Å². The Morgan fingerprint density at radius 3 is 2.06 bits per heavy atom. The summed E-state index contributed by atoms with van der Waals surface area (Å²) in [5.74, 6) is -0.719. The monoisotopic (exact) mass is 442 g/mol. The van der Waals surface area contributed by atoms with Crippen molar-refractivity contribution in [3.63, 3.8) is 0 Å². The fourth-order valence-electron chi connectivity index (χ4n) is 3.71. The quantitative estimate of drug-likeness (QED) is 0.552. The highest BCUT2D eigenvalue weighted by Gasteiger charge is 2.42. The van der Waals surface area contributed by atoms with Crippen LogP contribution < -0.4 is 4.90 Å². The Bertz CT molecular complexity index is 993. The van der Waals surface area contributed by atoms with Gasteiger partial charge in [-0.2, -0.15) is 0 Å². The molecular formula is C24H27ClN2O4. The summed E-state index contributed by atoms with van der Waals surface area (Å²) < 4.78 is 10.5. The lowest BCUT2D eigenvalue weighted by Crippen LogP contribution is -2.37. The van der Waals surface area contributed by atoms with Crippen molar-refractivity contribution in [2.45, 2.75) is 13.8 Å². The molecule has 0 unspecified atom stereocenters. The van der Waals surface area contributed by atoms with Gasteiger partial charge in [-0.25, -0.2) is 4.90 Å². The highest BCUT2D eigenvalue weighted by atomic mass is 35.5. The van der Waals surface area contributed by atoms with Crippen LogP contribution >= 0.6 is 11.6 Å². The molecule has 0 spiro atoms. The lowest BCUT2D eigenvalue weighted by atomic mass is 9.97. The second-order valence-corrected chi connectivity index (χ2v) is 7.87. The van der Waals surface area contributed by atoms with Gasteiger partial charge in [0.05, 0.1) is 24.5 Å². The van der Waals surface area contributed by atoms with E-state index < -0.39 is 0 Å². The number of hydrogen-bond acceptors (Lipinski definition) is 5. The number of halogens is 1. The highest BCUT2D eigenvalue weighted by Crippen LogP contribution is 2.36. The number of amides is 2. The van der Waals surface area contributed by atoms with Crippen LogP contribution in [0.1, 0.15) is 16.7 Å². The van der Waals surface area contributed by atoms with Gasteiger partial charge in [0.1, 0.15) is 5.70 Å². The number of hydrogen-bond donors (Lipinski definition) is 0. The number of rotatable bonds is 9. The fraction of sp³-hybridized carbons (Fsp3) is 0.333. The molecule has 0 fully saturated rings. The zero-order chi connectivity index (χ0) is 22.5. The molecule has 31 heavy (non-hydrogen) atoms. The zero-order valence-electron chi connectivity index (χ0n) is 18.3. The first-order valence-corrected chi connectivity index (χ1v) is 10.5. The number of ether oxygens (including phenoxy) is 2. The number of carbonyl (C=O) groups excluding carboxylic acids is 2. The van der Waals surface area contributed by atoms with Crippen molar-refractivity contribution in [1.82, 2.24) is 4.90 Å². The van der Waals surface area contributed by atoms with Gasteiger partial charge in [0.15, 0.2) is 0 Å². The van der Waals surface area contributed by atoms with Crippen molar-refractivity contribution in [1.29, 1.82) is 0 Å². The summed E-state index contributed by atoms with van der Waals surface area (Å²) in [6, 6.07) is 12.5. The van der Waals surface area contributed by atoms with E-state index in [1.54, 1.807) is 38.5 Å². The molecule has 6 nitrogen and oxygen atoms in total. The minimum Gasteiger partial charge on any atom is -0.383 e. The number of nitrogens with zero attached hydrogens (tertiary/aromatic N) is 2. The summed E-state index contributed by atoms with van der Waals surface area (Å²) in [7, 11) is 3.21. The number of carbonyl (C=O) groups is 2. The zero-order valence-corrected chi connectivity index (χ0v) is 19.0. The van der Waals surface area contributed by atoms with Gasteiger partial charge in [-0.15, -0.1) is 0 Å². The van der Waals surface area contributed by atoms with Crippen LogP contribution in [-0.2, 0) is 19.1 Å². The van der Waals surface area contributed by atoms with Crippen molar-refractivity contribution in [3.05, 3.63) is 69.9 Å². The molecule has 1 aliphatic rings. The molecule has 2 aromatic carbocycles. The second kappa shape index (κ2) is 10.1. The average Bonchev–Trinajstić information content (AvgIpc) is 2.99. The number of methoxy groups -OCH3 is 2. The molecule has 3 rings (SSSR count). The van der Waals surface area contributed by atoms with Gasteiger partial charge >= 0.3 is 0 Å². The number of imide groups is 1. The van der Waals surface area contributed by atoms with Crippen molar-refractivity contribution >= 4 is 34.7 Å². The Kier molecular flexibility index (Phi) is 7.49. The van der Waals surface area contributed by atoms with E-state index in [2.05, 4.69) is 0 Å². The molecule has 0 aromatic heterocycles. The van der Waals surface area contributed by atoms with Crippen molar-refractivity contribution in [3.8, 4) is 0 Å². The predicted octanol–water partition coefficient (Wildman–Crippen LogP) is 3.84.